The summed E-state index contributed by atoms with van der Waals surface area (Å²) in [6, 6.07) is 16.9. The Balaban J connectivity index is 1.14. The predicted octanol–water partition coefficient (Wildman–Crippen LogP) is 3.43. The Hall–Kier alpha value is -2.17. The first kappa shape index (κ1) is 18.8. The predicted molar refractivity (Wildman–Crippen MR) is 115 cm³/mol. The number of amides is 1. The molecule has 3 aliphatic rings. The Labute approximate surface area is 172 Å². The van der Waals surface area contributed by atoms with Gasteiger partial charge in [0.05, 0.1) is 5.60 Å². The number of carbonyl (C=O) groups is 1. The van der Waals surface area contributed by atoms with Crippen LogP contribution in [0.2, 0.25) is 0 Å². The molecule has 0 radical (unpaired) electrons. The Morgan fingerprint density at radius 1 is 1.00 bits per heavy atom. The average molecular weight is 391 g/mol. The van der Waals surface area contributed by atoms with Gasteiger partial charge in [-0.3, -0.25) is 4.79 Å². The Kier molecular flexibility index (Phi) is 4.92. The number of nitrogens with one attached hydrogen (secondary N) is 1. The number of aryl methyl sites for hydroxylation is 1. The van der Waals surface area contributed by atoms with Gasteiger partial charge < -0.3 is 15.3 Å². The van der Waals surface area contributed by atoms with Crippen LogP contribution in [0.15, 0.2) is 48.5 Å². The van der Waals surface area contributed by atoms with E-state index in [1.54, 1.807) is 0 Å². The summed E-state index contributed by atoms with van der Waals surface area (Å²) >= 11 is 0. The minimum Gasteiger partial charge on any atom is -0.390 e. The molecule has 29 heavy (non-hydrogen) atoms. The maximum atomic E-state index is 11.5. The number of hydrogen-bond donors (Lipinski definition) is 2. The van der Waals surface area contributed by atoms with E-state index < -0.39 is 5.60 Å². The van der Waals surface area contributed by atoms with Crippen molar-refractivity contribution in [1.82, 2.24) is 4.90 Å². The highest BCUT2D eigenvalue weighted by Crippen LogP contribution is 2.45. The minimum atomic E-state index is -0.522. The van der Waals surface area contributed by atoms with E-state index in [2.05, 4.69) is 52.7 Å². The minimum absolute atomic E-state index is 0.126. The number of aliphatic hydroxyl groups is 1. The van der Waals surface area contributed by atoms with Crippen molar-refractivity contribution in [3.8, 4) is 0 Å². The first-order chi connectivity index (χ1) is 14.1. The van der Waals surface area contributed by atoms with Crippen molar-refractivity contribution in [2.24, 2.45) is 11.8 Å². The molecule has 2 aromatic carbocycles. The van der Waals surface area contributed by atoms with Gasteiger partial charge in [-0.25, -0.2) is 0 Å². The fourth-order valence-corrected chi connectivity index (χ4v) is 5.74. The average Bonchev–Trinajstić information content (AvgIpc) is 3.21. The lowest BCUT2D eigenvalue weighted by atomic mass is 9.91. The molecule has 0 aromatic heterocycles. The van der Waals surface area contributed by atoms with Gasteiger partial charge in [0.15, 0.2) is 0 Å². The van der Waals surface area contributed by atoms with Crippen molar-refractivity contribution >= 4 is 11.6 Å². The SMILES string of the molecule is O=C1CCc2cc(CCN3C[C@@H]4CC(O)(Cc5ccccc5)C[C@@H]4C3)ccc2N1. The highest BCUT2D eigenvalue weighted by Gasteiger charge is 2.47. The summed E-state index contributed by atoms with van der Waals surface area (Å²) in [5, 5.41) is 14.1. The lowest BCUT2D eigenvalue weighted by molar-refractivity contribution is -0.116. The summed E-state index contributed by atoms with van der Waals surface area (Å²) in [5.41, 5.74) is 4.34. The standard InChI is InChI=1S/C25H30N2O2/c28-24-9-7-20-12-18(6-8-23(20)26-24)10-11-27-16-21-14-25(29,15-22(21)17-27)13-19-4-2-1-3-5-19/h1-6,8,12,21-22,29H,7,9-11,13-17H2,(H,26,28)/t21-,22+,25?. The first-order valence-electron chi connectivity index (χ1n) is 11.0. The van der Waals surface area contributed by atoms with E-state index >= 15 is 0 Å². The van der Waals surface area contributed by atoms with E-state index in [1.807, 2.05) is 6.07 Å². The zero-order valence-electron chi connectivity index (χ0n) is 16.9. The van der Waals surface area contributed by atoms with Crippen LogP contribution >= 0.6 is 0 Å². The number of nitrogens with zero attached hydrogens (tertiary/aromatic N) is 1. The quantitative estimate of drug-likeness (QED) is 0.822. The molecule has 1 amide bonds. The maximum absolute atomic E-state index is 11.5. The third-order valence-electron chi connectivity index (χ3n) is 7.09. The molecule has 2 fully saturated rings. The zero-order valence-corrected chi connectivity index (χ0v) is 16.9. The molecule has 5 rings (SSSR count). The molecule has 2 aliphatic heterocycles. The van der Waals surface area contributed by atoms with Gasteiger partial charge >= 0.3 is 0 Å². The lowest BCUT2D eigenvalue weighted by Gasteiger charge is -2.26. The van der Waals surface area contributed by atoms with Crippen molar-refractivity contribution in [2.75, 3.05) is 25.0 Å². The van der Waals surface area contributed by atoms with Gasteiger partial charge in [0.2, 0.25) is 5.91 Å². The smallest absolute Gasteiger partial charge is 0.224 e. The number of anilines is 1. The van der Waals surface area contributed by atoms with Crippen molar-refractivity contribution in [3.63, 3.8) is 0 Å². The van der Waals surface area contributed by atoms with E-state index in [1.165, 1.54) is 16.7 Å². The Bertz CT molecular complexity index is 881. The van der Waals surface area contributed by atoms with Crippen LogP contribution in [0.4, 0.5) is 5.69 Å². The second kappa shape index (κ2) is 7.58. The van der Waals surface area contributed by atoms with Crippen LogP contribution in [0.25, 0.3) is 0 Å². The molecule has 152 valence electrons. The zero-order chi connectivity index (χ0) is 19.8. The van der Waals surface area contributed by atoms with E-state index in [-0.39, 0.29) is 5.91 Å². The van der Waals surface area contributed by atoms with Gasteiger partial charge in [-0.15, -0.1) is 0 Å². The lowest BCUT2D eigenvalue weighted by Crippen LogP contribution is -2.32. The topological polar surface area (TPSA) is 52.6 Å². The summed E-state index contributed by atoms with van der Waals surface area (Å²) in [7, 11) is 0. The molecule has 1 aliphatic carbocycles. The number of carbonyl (C=O) groups excluding carboxylic acids is 1. The largest absolute Gasteiger partial charge is 0.390 e. The monoisotopic (exact) mass is 390 g/mol. The maximum Gasteiger partial charge on any atom is 0.224 e. The molecule has 1 unspecified atom stereocenters. The first-order valence-corrected chi connectivity index (χ1v) is 11.0. The molecule has 0 spiro atoms. The summed E-state index contributed by atoms with van der Waals surface area (Å²) in [5.74, 6) is 1.38. The molecular formula is C25H30N2O2. The van der Waals surface area contributed by atoms with Gasteiger partial charge in [-0.1, -0.05) is 42.5 Å². The van der Waals surface area contributed by atoms with E-state index in [4.69, 9.17) is 0 Å². The summed E-state index contributed by atoms with van der Waals surface area (Å²) in [6.07, 6.45) is 5.14. The number of likely N-dealkylation sites (tertiary alicyclic amines) is 1. The van der Waals surface area contributed by atoms with E-state index in [9.17, 15) is 9.90 Å². The highest BCUT2D eigenvalue weighted by atomic mass is 16.3. The number of hydrogen-bond acceptors (Lipinski definition) is 3. The summed E-state index contributed by atoms with van der Waals surface area (Å²) in [4.78, 5) is 14.1. The van der Waals surface area contributed by atoms with Gasteiger partial charge in [-0.05, 0) is 60.3 Å². The van der Waals surface area contributed by atoms with E-state index in [0.717, 1.165) is 57.4 Å². The van der Waals surface area contributed by atoms with Crippen LogP contribution in [0.3, 0.4) is 0 Å². The molecule has 2 heterocycles. The van der Waals surface area contributed by atoms with Crippen LogP contribution in [0, 0.1) is 11.8 Å². The van der Waals surface area contributed by atoms with Gasteiger partial charge in [0.25, 0.3) is 0 Å². The van der Waals surface area contributed by atoms with E-state index in [0.29, 0.717) is 18.3 Å². The van der Waals surface area contributed by atoms with Gasteiger partial charge in [0.1, 0.15) is 0 Å². The number of rotatable bonds is 5. The van der Waals surface area contributed by atoms with Gasteiger partial charge in [0, 0.05) is 38.2 Å². The highest BCUT2D eigenvalue weighted by molar-refractivity contribution is 5.93. The molecule has 2 N–H and O–H groups in total. The normalized spacial score (nSPS) is 28.8. The third-order valence-corrected chi connectivity index (χ3v) is 7.09. The van der Waals surface area contributed by atoms with Crippen LogP contribution in [-0.2, 0) is 24.1 Å². The van der Waals surface area contributed by atoms with Crippen molar-refractivity contribution in [2.45, 2.75) is 44.1 Å². The molecule has 0 bridgehead atoms. The molecule has 1 saturated carbocycles. The molecule has 3 atom stereocenters. The Morgan fingerprint density at radius 2 is 1.76 bits per heavy atom. The van der Waals surface area contributed by atoms with Gasteiger partial charge in [-0.2, -0.15) is 0 Å². The van der Waals surface area contributed by atoms with Crippen molar-refractivity contribution in [3.05, 3.63) is 65.2 Å². The van der Waals surface area contributed by atoms with Crippen LogP contribution < -0.4 is 5.32 Å². The molecular weight excluding hydrogens is 360 g/mol. The fourth-order valence-electron chi connectivity index (χ4n) is 5.74. The molecule has 4 heteroatoms. The molecule has 4 nitrogen and oxygen atoms in total. The summed E-state index contributed by atoms with van der Waals surface area (Å²) < 4.78 is 0. The van der Waals surface area contributed by atoms with Crippen molar-refractivity contribution < 1.29 is 9.90 Å². The van der Waals surface area contributed by atoms with Crippen LogP contribution in [0.1, 0.15) is 36.0 Å². The van der Waals surface area contributed by atoms with Crippen LogP contribution in [-0.4, -0.2) is 41.1 Å². The summed E-state index contributed by atoms with van der Waals surface area (Å²) in [6.45, 7) is 3.31. The second-order valence-electron chi connectivity index (χ2n) is 9.36. The second-order valence-corrected chi connectivity index (χ2v) is 9.36. The van der Waals surface area contributed by atoms with Crippen LogP contribution in [0.5, 0.6) is 0 Å². The van der Waals surface area contributed by atoms with Crippen molar-refractivity contribution in [1.29, 1.82) is 0 Å². The third kappa shape index (κ3) is 4.10. The fraction of sp³-hybridized carbons (Fsp3) is 0.480. The molecule has 1 saturated heterocycles. The number of fused-ring (bicyclic) bond motifs is 2. The number of benzene rings is 2. The Morgan fingerprint density at radius 3 is 2.52 bits per heavy atom. The molecule has 2 aromatic rings.